The molecule has 0 aromatic heterocycles. The fourth-order valence-corrected chi connectivity index (χ4v) is 3.35. The maximum atomic E-state index is 12.2. The Kier molecular flexibility index (Phi) is 7.54. The quantitative estimate of drug-likeness (QED) is 0.620. The molecule has 0 aliphatic carbocycles. The van der Waals surface area contributed by atoms with E-state index in [-0.39, 0.29) is 0 Å². The van der Waals surface area contributed by atoms with E-state index < -0.39 is 0 Å². The van der Waals surface area contributed by atoms with Crippen LogP contribution >= 0.6 is 23.5 Å². The molecular weight excluding hydrogens is 262 g/mol. The van der Waals surface area contributed by atoms with E-state index in [1.807, 2.05) is 11.8 Å². The molecule has 1 rings (SSSR count). The standard InChI is InChI=1S/C14H27NOS2/c1-11(2)5-7-15(8-6-12(3)4)14(16)18-10-13-9-17-13/h11-13H,5-10H2,1-4H3. The van der Waals surface area contributed by atoms with Gasteiger partial charge in [0, 0.05) is 29.8 Å². The zero-order chi connectivity index (χ0) is 13.5. The summed E-state index contributed by atoms with van der Waals surface area (Å²) in [7, 11) is 0. The molecule has 0 radical (unpaired) electrons. The molecule has 1 aliphatic heterocycles. The monoisotopic (exact) mass is 289 g/mol. The highest BCUT2D eigenvalue weighted by Gasteiger charge is 2.25. The van der Waals surface area contributed by atoms with E-state index in [1.165, 1.54) is 17.5 Å². The van der Waals surface area contributed by atoms with Gasteiger partial charge in [0.2, 0.25) is 0 Å². The van der Waals surface area contributed by atoms with Gasteiger partial charge >= 0.3 is 0 Å². The van der Waals surface area contributed by atoms with Crippen LogP contribution in [0.1, 0.15) is 40.5 Å². The summed E-state index contributed by atoms with van der Waals surface area (Å²) >= 11 is 3.49. The highest BCUT2D eigenvalue weighted by Crippen LogP contribution is 2.33. The van der Waals surface area contributed by atoms with Gasteiger partial charge in [-0.2, -0.15) is 11.8 Å². The zero-order valence-corrected chi connectivity index (χ0v) is 13.8. The summed E-state index contributed by atoms with van der Waals surface area (Å²) < 4.78 is 0. The molecule has 1 heterocycles. The number of carbonyl (C=O) groups is 1. The summed E-state index contributed by atoms with van der Waals surface area (Å²) in [6, 6.07) is 0. The Balaban J connectivity index is 2.32. The zero-order valence-electron chi connectivity index (χ0n) is 12.1. The Morgan fingerprint density at radius 3 is 2.11 bits per heavy atom. The lowest BCUT2D eigenvalue weighted by Gasteiger charge is -2.24. The first kappa shape index (κ1) is 16.2. The first-order chi connectivity index (χ1) is 8.49. The van der Waals surface area contributed by atoms with Gasteiger partial charge in [-0.1, -0.05) is 39.5 Å². The van der Waals surface area contributed by atoms with Crippen molar-refractivity contribution in [3.05, 3.63) is 0 Å². The second-order valence-corrected chi connectivity index (χ2v) is 8.19. The fraction of sp³-hybridized carbons (Fsp3) is 0.929. The summed E-state index contributed by atoms with van der Waals surface area (Å²) in [5.41, 5.74) is 0. The van der Waals surface area contributed by atoms with Gasteiger partial charge in [0.25, 0.3) is 5.24 Å². The van der Waals surface area contributed by atoms with Crippen LogP contribution in [-0.4, -0.2) is 40.0 Å². The first-order valence-corrected chi connectivity index (χ1v) is 9.05. The van der Waals surface area contributed by atoms with E-state index in [4.69, 9.17) is 0 Å². The van der Waals surface area contributed by atoms with Crippen LogP contribution < -0.4 is 0 Å². The molecule has 1 atom stereocenters. The van der Waals surface area contributed by atoms with Gasteiger partial charge in [-0.25, -0.2) is 0 Å². The molecule has 0 saturated carbocycles. The van der Waals surface area contributed by atoms with Gasteiger partial charge in [-0.05, 0) is 24.7 Å². The Bertz CT molecular complexity index is 240. The molecule has 106 valence electrons. The maximum absolute atomic E-state index is 12.2. The summed E-state index contributed by atoms with van der Waals surface area (Å²) in [5, 5.41) is 1.04. The normalized spacial score (nSPS) is 18.4. The van der Waals surface area contributed by atoms with Gasteiger partial charge in [-0.15, -0.1) is 0 Å². The molecule has 0 bridgehead atoms. The van der Waals surface area contributed by atoms with E-state index in [1.54, 1.807) is 0 Å². The minimum atomic E-state index is 0.295. The molecular formula is C14H27NOS2. The Hall–Kier alpha value is 0.170. The van der Waals surface area contributed by atoms with Crippen molar-refractivity contribution in [2.24, 2.45) is 11.8 Å². The maximum Gasteiger partial charge on any atom is 0.281 e. The van der Waals surface area contributed by atoms with Crippen molar-refractivity contribution in [3.8, 4) is 0 Å². The lowest BCUT2D eigenvalue weighted by atomic mass is 10.1. The van der Waals surface area contributed by atoms with E-state index in [0.29, 0.717) is 17.1 Å². The topological polar surface area (TPSA) is 20.3 Å². The van der Waals surface area contributed by atoms with Gasteiger partial charge < -0.3 is 4.90 Å². The predicted molar refractivity (Wildman–Crippen MR) is 84.6 cm³/mol. The largest absolute Gasteiger partial charge is 0.334 e. The molecule has 2 nitrogen and oxygen atoms in total. The minimum absolute atomic E-state index is 0.295. The molecule has 18 heavy (non-hydrogen) atoms. The van der Waals surface area contributed by atoms with Crippen molar-refractivity contribution < 1.29 is 4.79 Å². The third-order valence-electron chi connectivity index (χ3n) is 3.01. The SMILES string of the molecule is CC(C)CCN(CCC(C)C)C(=O)SCC1CS1. The van der Waals surface area contributed by atoms with Crippen molar-refractivity contribution in [2.75, 3.05) is 24.6 Å². The van der Waals surface area contributed by atoms with E-state index in [9.17, 15) is 4.79 Å². The van der Waals surface area contributed by atoms with E-state index in [0.717, 1.165) is 36.9 Å². The molecule has 0 spiro atoms. The van der Waals surface area contributed by atoms with Crippen molar-refractivity contribution >= 4 is 28.8 Å². The average molecular weight is 290 g/mol. The molecule has 0 aromatic rings. The molecule has 4 heteroatoms. The summed E-state index contributed by atoms with van der Waals surface area (Å²) in [6.45, 7) is 10.7. The van der Waals surface area contributed by atoms with Crippen LogP contribution in [0.2, 0.25) is 0 Å². The average Bonchev–Trinajstić information content (AvgIpc) is 3.09. The van der Waals surface area contributed by atoms with Crippen LogP contribution in [0.4, 0.5) is 4.79 Å². The summed E-state index contributed by atoms with van der Waals surface area (Å²) in [5.74, 6) is 3.59. The Morgan fingerprint density at radius 1 is 1.22 bits per heavy atom. The van der Waals surface area contributed by atoms with Crippen LogP contribution in [0.5, 0.6) is 0 Å². The van der Waals surface area contributed by atoms with Crippen molar-refractivity contribution in [2.45, 2.75) is 45.8 Å². The number of hydrogen-bond acceptors (Lipinski definition) is 3. The third-order valence-corrected chi connectivity index (χ3v) is 5.26. The van der Waals surface area contributed by atoms with E-state index >= 15 is 0 Å². The van der Waals surface area contributed by atoms with Gasteiger partial charge in [0.05, 0.1) is 0 Å². The van der Waals surface area contributed by atoms with Crippen LogP contribution in [0.3, 0.4) is 0 Å². The van der Waals surface area contributed by atoms with Gasteiger partial charge in [0.1, 0.15) is 0 Å². The van der Waals surface area contributed by atoms with Crippen LogP contribution in [0, 0.1) is 11.8 Å². The van der Waals surface area contributed by atoms with Crippen LogP contribution in [0.25, 0.3) is 0 Å². The smallest absolute Gasteiger partial charge is 0.281 e. The Labute approximate surface area is 121 Å². The van der Waals surface area contributed by atoms with Crippen molar-refractivity contribution in [1.82, 2.24) is 4.90 Å². The summed E-state index contributed by atoms with van der Waals surface area (Å²) in [6.07, 6.45) is 2.23. The minimum Gasteiger partial charge on any atom is -0.334 e. The lowest BCUT2D eigenvalue weighted by Crippen LogP contribution is -2.31. The van der Waals surface area contributed by atoms with Crippen molar-refractivity contribution in [3.63, 3.8) is 0 Å². The van der Waals surface area contributed by atoms with Gasteiger partial charge in [0.15, 0.2) is 0 Å². The molecule has 1 aliphatic rings. The van der Waals surface area contributed by atoms with E-state index in [2.05, 4.69) is 32.6 Å². The predicted octanol–water partition coefficient (Wildman–Crippen LogP) is 4.35. The van der Waals surface area contributed by atoms with Crippen LogP contribution in [-0.2, 0) is 0 Å². The number of carbonyl (C=O) groups excluding carboxylic acids is 1. The van der Waals surface area contributed by atoms with Crippen molar-refractivity contribution in [1.29, 1.82) is 0 Å². The van der Waals surface area contributed by atoms with Gasteiger partial charge in [-0.3, -0.25) is 4.79 Å². The fourth-order valence-electron chi connectivity index (χ4n) is 1.54. The molecule has 1 saturated heterocycles. The Morgan fingerprint density at radius 2 is 1.72 bits per heavy atom. The number of nitrogens with zero attached hydrogens (tertiary/aromatic N) is 1. The second-order valence-electron chi connectivity index (χ2n) is 5.88. The third kappa shape index (κ3) is 7.57. The highest BCUT2D eigenvalue weighted by molar-refractivity contribution is 8.15. The number of rotatable bonds is 8. The van der Waals surface area contributed by atoms with Crippen LogP contribution in [0.15, 0.2) is 0 Å². The molecule has 1 unspecified atom stereocenters. The lowest BCUT2D eigenvalue weighted by molar-refractivity contribution is 0.216. The molecule has 0 N–H and O–H groups in total. The number of thioether (sulfide) groups is 2. The molecule has 1 fully saturated rings. The molecule has 1 amide bonds. The first-order valence-electron chi connectivity index (χ1n) is 7.02. The highest BCUT2D eigenvalue weighted by atomic mass is 32.2. The molecule has 0 aromatic carbocycles. The number of amides is 1. The number of hydrogen-bond donors (Lipinski definition) is 0. The summed E-state index contributed by atoms with van der Waals surface area (Å²) in [4.78, 5) is 14.2. The second kappa shape index (κ2) is 8.36.